The quantitative estimate of drug-likeness (QED) is 0.319. The molecule has 0 aromatic rings. The SMILES string of the molecule is CCC(CC(N)=NO)N1CCCC(OC)C1. The fourth-order valence-electron chi connectivity index (χ4n) is 2.30. The first-order valence-electron chi connectivity index (χ1n) is 5.94. The molecule has 16 heavy (non-hydrogen) atoms. The molecular formula is C11H23N3O2. The molecule has 0 saturated carbocycles. The van der Waals surface area contributed by atoms with Gasteiger partial charge in [0.1, 0.15) is 5.84 Å². The van der Waals surface area contributed by atoms with Gasteiger partial charge in [-0.05, 0) is 25.8 Å². The van der Waals surface area contributed by atoms with Crippen LogP contribution in [0.3, 0.4) is 0 Å². The highest BCUT2D eigenvalue weighted by molar-refractivity contribution is 5.80. The van der Waals surface area contributed by atoms with Crippen molar-refractivity contribution in [1.82, 2.24) is 4.90 Å². The van der Waals surface area contributed by atoms with Crippen molar-refractivity contribution in [2.75, 3.05) is 20.2 Å². The summed E-state index contributed by atoms with van der Waals surface area (Å²) in [6, 6.07) is 0.355. The maximum atomic E-state index is 8.60. The molecular weight excluding hydrogens is 206 g/mol. The van der Waals surface area contributed by atoms with Crippen molar-refractivity contribution in [3.63, 3.8) is 0 Å². The molecule has 0 spiro atoms. The Morgan fingerprint density at radius 2 is 2.44 bits per heavy atom. The zero-order chi connectivity index (χ0) is 12.0. The van der Waals surface area contributed by atoms with Crippen LogP contribution in [0.4, 0.5) is 0 Å². The number of rotatable bonds is 5. The summed E-state index contributed by atoms with van der Waals surface area (Å²) in [5, 5.41) is 11.6. The van der Waals surface area contributed by atoms with Gasteiger partial charge in [0, 0.05) is 26.1 Å². The average Bonchev–Trinajstić information content (AvgIpc) is 2.35. The van der Waals surface area contributed by atoms with Crippen molar-refractivity contribution < 1.29 is 9.94 Å². The van der Waals surface area contributed by atoms with E-state index in [9.17, 15) is 0 Å². The van der Waals surface area contributed by atoms with E-state index in [1.807, 2.05) is 0 Å². The second-order valence-electron chi connectivity index (χ2n) is 4.35. The molecule has 3 N–H and O–H groups in total. The maximum Gasteiger partial charge on any atom is 0.140 e. The van der Waals surface area contributed by atoms with Gasteiger partial charge in [0.25, 0.3) is 0 Å². The lowest BCUT2D eigenvalue weighted by Gasteiger charge is -2.37. The number of oxime groups is 1. The van der Waals surface area contributed by atoms with Gasteiger partial charge in [0.05, 0.1) is 6.10 Å². The molecule has 1 fully saturated rings. The Kier molecular flexibility index (Phi) is 5.55. The highest BCUT2D eigenvalue weighted by Crippen LogP contribution is 2.18. The summed E-state index contributed by atoms with van der Waals surface area (Å²) in [6.45, 7) is 4.16. The van der Waals surface area contributed by atoms with E-state index in [1.54, 1.807) is 7.11 Å². The van der Waals surface area contributed by atoms with E-state index in [2.05, 4.69) is 17.0 Å². The van der Waals surface area contributed by atoms with Gasteiger partial charge in [-0.1, -0.05) is 12.1 Å². The van der Waals surface area contributed by atoms with Crippen LogP contribution in [0.15, 0.2) is 5.16 Å². The van der Waals surface area contributed by atoms with Crippen LogP contribution in [-0.2, 0) is 4.74 Å². The van der Waals surface area contributed by atoms with E-state index in [4.69, 9.17) is 15.7 Å². The lowest BCUT2D eigenvalue weighted by Crippen LogP contribution is -2.46. The minimum absolute atomic E-state index is 0.311. The zero-order valence-electron chi connectivity index (χ0n) is 10.2. The summed E-state index contributed by atoms with van der Waals surface area (Å²) in [7, 11) is 1.76. The molecule has 1 aliphatic rings. The number of nitrogens with two attached hydrogens (primary N) is 1. The molecule has 1 saturated heterocycles. The molecule has 1 heterocycles. The predicted octanol–water partition coefficient (Wildman–Crippen LogP) is 1.01. The van der Waals surface area contributed by atoms with Crippen LogP contribution in [0.2, 0.25) is 0 Å². The fraction of sp³-hybridized carbons (Fsp3) is 0.909. The third-order valence-electron chi connectivity index (χ3n) is 3.30. The van der Waals surface area contributed by atoms with Crippen LogP contribution in [0, 0.1) is 0 Å². The van der Waals surface area contributed by atoms with Gasteiger partial charge in [-0.25, -0.2) is 0 Å². The number of piperidine rings is 1. The molecule has 2 atom stereocenters. The summed E-state index contributed by atoms with van der Waals surface area (Å²) < 4.78 is 5.39. The minimum Gasteiger partial charge on any atom is -0.409 e. The second kappa shape index (κ2) is 6.70. The zero-order valence-corrected chi connectivity index (χ0v) is 10.2. The van der Waals surface area contributed by atoms with Gasteiger partial charge >= 0.3 is 0 Å². The number of amidine groups is 1. The van der Waals surface area contributed by atoms with E-state index in [0.717, 1.165) is 32.4 Å². The van der Waals surface area contributed by atoms with Crippen LogP contribution >= 0.6 is 0 Å². The van der Waals surface area contributed by atoms with Crippen molar-refractivity contribution in [3.05, 3.63) is 0 Å². The molecule has 0 aromatic carbocycles. The Labute approximate surface area is 97.2 Å². The highest BCUT2D eigenvalue weighted by Gasteiger charge is 2.25. The monoisotopic (exact) mass is 229 g/mol. The minimum atomic E-state index is 0.311. The van der Waals surface area contributed by atoms with E-state index < -0.39 is 0 Å². The van der Waals surface area contributed by atoms with Crippen LogP contribution in [0.5, 0.6) is 0 Å². The summed E-state index contributed by atoms with van der Waals surface area (Å²) in [5.41, 5.74) is 5.57. The molecule has 5 nitrogen and oxygen atoms in total. The molecule has 2 unspecified atom stereocenters. The fourth-order valence-corrected chi connectivity index (χ4v) is 2.30. The summed E-state index contributed by atoms with van der Waals surface area (Å²) in [4.78, 5) is 2.38. The van der Waals surface area contributed by atoms with Crippen LogP contribution in [-0.4, -0.2) is 48.3 Å². The van der Waals surface area contributed by atoms with Gasteiger partial charge in [-0.2, -0.15) is 0 Å². The first-order chi connectivity index (χ1) is 7.71. The lowest BCUT2D eigenvalue weighted by atomic mass is 10.0. The summed E-state index contributed by atoms with van der Waals surface area (Å²) in [6.07, 6.45) is 4.25. The Morgan fingerprint density at radius 1 is 1.69 bits per heavy atom. The molecule has 94 valence electrons. The van der Waals surface area contributed by atoms with E-state index >= 15 is 0 Å². The molecule has 0 bridgehead atoms. The summed E-state index contributed by atoms with van der Waals surface area (Å²) >= 11 is 0. The Balaban J connectivity index is 2.51. The molecule has 0 amide bonds. The Hall–Kier alpha value is -0.810. The number of hydrogen-bond acceptors (Lipinski definition) is 4. The van der Waals surface area contributed by atoms with E-state index in [-0.39, 0.29) is 0 Å². The second-order valence-corrected chi connectivity index (χ2v) is 4.35. The summed E-state index contributed by atoms with van der Waals surface area (Å²) in [5.74, 6) is 0.311. The third-order valence-corrected chi connectivity index (χ3v) is 3.30. The van der Waals surface area contributed by atoms with Crippen molar-refractivity contribution >= 4 is 5.84 Å². The largest absolute Gasteiger partial charge is 0.409 e. The Morgan fingerprint density at radius 3 is 3.00 bits per heavy atom. The normalized spacial score (nSPS) is 25.6. The standard InChI is InChI=1S/C11H23N3O2/c1-3-9(7-11(12)13-15)14-6-4-5-10(8-14)16-2/h9-10,15H,3-8H2,1-2H3,(H2,12,13). The van der Waals surface area contributed by atoms with Crippen LogP contribution in [0.25, 0.3) is 0 Å². The van der Waals surface area contributed by atoms with E-state index in [1.165, 1.54) is 0 Å². The molecule has 0 aromatic heterocycles. The lowest BCUT2D eigenvalue weighted by molar-refractivity contribution is 0.0148. The van der Waals surface area contributed by atoms with Crippen molar-refractivity contribution in [2.45, 2.75) is 44.8 Å². The first-order valence-corrected chi connectivity index (χ1v) is 5.94. The number of ether oxygens (including phenoxy) is 1. The molecule has 1 rings (SSSR count). The maximum absolute atomic E-state index is 8.60. The van der Waals surface area contributed by atoms with Gasteiger partial charge in [0.15, 0.2) is 0 Å². The predicted molar refractivity (Wildman–Crippen MR) is 63.7 cm³/mol. The molecule has 5 heteroatoms. The van der Waals surface area contributed by atoms with Crippen molar-refractivity contribution in [2.24, 2.45) is 10.9 Å². The Bertz CT molecular complexity index is 233. The number of nitrogens with zero attached hydrogens (tertiary/aromatic N) is 2. The topological polar surface area (TPSA) is 71.1 Å². The molecule has 0 aliphatic carbocycles. The van der Waals surface area contributed by atoms with Crippen molar-refractivity contribution in [1.29, 1.82) is 0 Å². The smallest absolute Gasteiger partial charge is 0.140 e. The first kappa shape index (κ1) is 13.3. The van der Waals surface area contributed by atoms with Crippen LogP contribution in [0.1, 0.15) is 32.6 Å². The van der Waals surface area contributed by atoms with Gasteiger partial charge < -0.3 is 15.7 Å². The number of methoxy groups -OCH3 is 1. The average molecular weight is 229 g/mol. The van der Waals surface area contributed by atoms with E-state index in [0.29, 0.717) is 24.4 Å². The molecule has 1 aliphatic heterocycles. The van der Waals surface area contributed by atoms with Crippen molar-refractivity contribution in [3.8, 4) is 0 Å². The third kappa shape index (κ3) is 3.64. The number of hydrogen-bond donors (Lipinski definition) is 2. The van der Waals surface area contributed by atoms with Gasteiger partial charge in [0.2, 0.25) is 0 Å². The van der Waals surface area contributed by atoms with Crippen LogP contribution < -0.4 is 5.73 Å². The molecule has 0 radical (unpaired) electrons. The highest BCUT2D eigenvalue weighted by atomic mass is 16.5. The number of likely N-dealkylation sites (tertiary alicyclic amines) is 1. The van der Waals surface area contributed by atoms with Gasteiger partial charge in [-0.3, -0.25) is 4.90 Å². The van der Waals surface area contributed by atoms with Gasteiger partial charge in [-0.15, -0.1) is 0 Å².